The summed E-state index contributed by atoms with van der Waals surface area (Å²) in [5.74, 6) is 0.0520. The molecular weight excluding hydrogens is 234 g/mol. The van der Waals surface area contributed by atoms with Gasteiger partial charge < -0.3 is 4.90 Å². The van der Waals surface area contributed by atoms with Gasteiger partial charge in [-0.3, -0.25) is 4.79 Å². The lowest BCUT2D eigenvalue weighted by Gasteiger charge is -2.20. The minimum Gasteiger partial charge on any atom is -0.341 e. The van der Waals surface area contributed by atoms with Crippen LogP contribution in [0.25, 0.3) is 0 Å². The van der Waals surface area contributed by atoms with Crippen LogP contribution in [-0.2, 0) is 4.79 Å². The van der Waals surface area contributed by atoms with Gasteiger partial charge in [-0.15, -0.1) is 11.6 Å². The van der Waals surface area contributed by atoms with Crippen LogP contribution in [0, 0.1) is 13.8 Å². The van der Waals surface area contributed by atoms with Gasteiger partial charge in [0.15, 0.2) is 0 Å². The predicted molar refractivity (Wildman–Crippen MR) is 70.3 cm³/mol. The van der Waals surface area contributed by atoms with Crippen molar-refractivity contribution in [2.75, 3.05) is 13.1 Å². The van der Waals surface area contributed by atoms with Crippen LogP contribution < -0.4 is 0 Å². The van der Waals surface area contributed by atoms with E-state index in [-0.39, 0.29) is 5.91 Å². The molecule has 0 aromatic heterocycles. The van der Waals surface area contributed by atoms with Crippen molar-refractivity contribution >= 4 is 17.5 Å². The standard InChI is InChI=1S/C14H18ClNO/c1-10-5-6-12(11(2)9-10)13(15)14(17)16-7-3-4-8-16/h5-6,9,13H,3-4,7-8H2,1-2H3. The van der Waals surface area contributed by atoms with Gasteiger partial charge in [-0.25, -0.2) is 0 Å². The zero-order chi connectivity index (χ0) is 12.4. The SMILES string of the molecule is Cc1ccc(C(Cl)C(=O)N2CCCC2)c(C)c1. The number of alkyl halides is 1. The number of rotatable bonds is 2. The monoisotopic (exact) mass is 251 g/mol. The Kier molecular flexibility index (Phi) is 3.72. The minimum absolute atomic E-state index is 0.0520. The van der Waals surface area contributed by atoms with Gasteiger partial charge in [0.2, 0.25) is 5.91 Å². The lowest BCUT2D eigenvalue weighted by atomic mass is 10.0. The Morgan fingerprint density at radius 3 is 2.53 bits per heavy atom. The Morgan fingerprint density at radius 2 is 1.94 bits per heavy atom. The summed E-state index contributed by atoms with van der Waals surface area (Å²) in [6.07, 6.45) is 2.20. The van der Waals surface area contributed by atoms with E-state index in [1.54, 1.807) is 0 Å². The lowest BCUT2D eigenvalue weighted by Crippen LogP contribution is -2.30. The lowest BCUT2D eigenvalue weighted by molar-refractivity contribution is -0.129. The third-order valence-corrected chi connectivity index (χ3v) is 3.75. The Morgan fingerprint density at radius 1 is 1.29 bits per heavy atom. The normalized spacial score (nSPS) is 17.2. The smallest absolute Gasteiger partial charge is 0.245 e. The van der Waals surface area contributed by atoms with Gasteiger partial charge in [0.1, 0.15) is 5.38 Å². The molecule has 17 heavy (non-hydrogen) atoms. The number of carbonyl (C=O) groups excluding carboxylic acids is 1. The zero-order valence-corrected chi connectivity index (χ0v) is 11.1. The highest BCUT2D eigenvalue weighted by Crippen LogP contribution is 2.28. The van der Waals surface area contributed by atoms with Gasteiger partial charge >= 0.3 is 0 Å². The van der Waals surface area contributed by atoms with E-state index in [9.17, 15) is 4.79 Å². The van der Waals surface area contributed by atoms with E-state index in [0.717, 1.165) is 37.1 Å². The number of aryl methyl sites for hydroxylation is 2. The average Bonchev–Trinajstić information content (AvgIpc) is 2.80. The summed E-state index contributed by atoms with van der Waals surface area (Å²) in [5, 5.41) is -0.534. The molecule has 1 unspecified atom stereocenters. The van der Waals surface area contributed by atoms with Gasteiger partial charge in [0.05, 0.1) is 0 Å². The first-order chi connectivity index (χ1) is 8.09. The summed E-state index contributed by atoms with van der Waals surface area (Å²) < 4.78 is 0. The fourth-order valence-electron chi connectivity index (χ4n) is 2.34. The number of benzene rings is 1. The highest BCUT2D eigenvalue weighted by molar-refractivity contribution is 6.30. The Hall–Kier alpha value is -1.02. The second-order valence-electron chi connectivity index (χ2n) is 4.75. The highest BCUT2D eigenvalue weighted by atomic mass is 35.5. The first kappa shape index (κ1) is 12.4. The molecule has 0 radical (unpaired) electrons. The molecule has 1 aromatic carbocycles. The molecule has 1 aromatic rings. The van der Waals surface area contributed by atoms with Crippen LogP contribution in [-0.4, -0.2) is 23.9 Å². The molecule has 1 fully saturated rings. The summed E-state index contributed by atoms with van der Waals surface area (Å²) in [6.45, 7) is 5.76. The van der Waals surface area contributed by atoms with Crippen molar-refractivity contribution in [1.29, 1.82) is 0 Å². The molecule has 0 aliphatic carbocycles. The first-order valence-corrected chi connectivity index (χ1v) is 6.53. The second-order valence-corrected chi connectivity index (χ2v) is 5.19. The van der Waals surface area contributed by atoms with Crippen molar-refractivity contribution in [1.82, 2.24) is 4.90 Å². The zero-order valence-electron chi connectivity index (χ0n) is 10.4. The largest absolute Gasteiger partial charge is 0.341 e. The Labute approximate surface area is 108 Å². The molecule has 2 nitrogen and oxygen atoms in total. The van der Waals surface area contributed by atoms with Crippen molar-refractivity contribution in [3.05, 3.63) is 34.9 Å². The first-order valence-electron chi connectivity index (χ1n) is 6.09. The van der Waals surface area contributed by atoms with Gasteiger partial charge in [-0.2, -0.15) is 0 Å². The van der Waals surface area contributed by atoms with Crippen LogP contribution in [0.5, 0.6) is 0 Å². The topological polar surface area (TPSA) is 20.3 Å². The van der Waals surface area contributed by atoms with E-state index in [0.29, 0.717) is 0 Å². The van der Waals surface area contributed by atoms with E-state index in [4.69, 9.17) is 11.6 Å². The summed E-state index contributed by atoms with van der Waals surface area (Å²) in [6, 6.07) is 6.05. The molecule has 0 bridgehead atoms. The average molecular weight is 252 g/mol. The summed E-state index contributed by atoms with van der Waals surface area (Å²) in [7, 11) is 0. The third-order valence-electron chi connectivity index (χ3n) is 3.33. The number of likely N-dealkylation sites (tertiary alicyclic amines) is 1. The molecule has 3 heteroatoms. The molecule has 1 aliphatic heterocycles. The van der Waals surface area contributed by atoms with Crippen LogP contribution in [0.3, 0.4) is 0 Å². The summed E-state index contributed by atoms with van der Waals surface area (Å²) >= 11 is 6.30. The molecule has 0 saturated carbocycles. The third kappa shape index (κ3) is 2.63. The molecule has 1 heterocycles. The van der Waals surface area contributed by atoms with E-state index >= 15 is 0 Å². The molecule has 1 saturated heterocycles. The van der Waals surface area contributed by atoms with Crippen molar-refractivity contribution < 1.29 is 4.79 Å². The maximum atomic E-state index is 12.2. The number of halogens is 1. The van der Waals surface area contributed by atoms with Gasteiger partial charge in [-0.1, -0.05) is 23.8 Å². The van der Waals surface area contributed by atoms with E-state index in [2.05, 4.69) is 6.07 Å². The van der Waals surface area contributed by atoms with Crippen LogP contribution in [0.2, 0.25) is 0 Å². The number of hydrogen-bond acceptors (Lipinski definition) is 1. The number of hydrogen-bond donors (Lipinski definition) is 0. The number of carbonyl (C=O) groups is 1. The van der Waals surface area contributed by atoms with Crippen LogP contribution in [0.1, 0.15) is 34.9 Å². The van der Waals surface area contributed by atoms with Crippen molar-refractivity contribution in [3.63, 3.8) is 0 Å². The van der Waals surface area contributed by atoms with Crippen molar-refractivity contribution in [3.8, 4) is 0 Å². The highest BCUT2D eigenvalue weighted by Gasteiger charge is 2.26. The minimum atomic E-state index is -0.534. The molecule has 92 valence electrons. The second kappa shape index (κ2) is 5.09. The van der Waals surface area contributed by atoms with Crippen LogP contribution >= 0.6 is 11.6 Å². The van der Waals surface area contributed by atoms with Crippen molar-refractivity contribution in [2.24, 2.45) is 0 Å². The molecule has 1 atom stereocenters. The Bertz CT molecular complexity index is 424. The van der Waals surface area contributed by atoms with E-state index in [1.807, 2.05) is 30.9 Å². The quantitative estimate of drug-likeness (QED) is 0.740. The number of nitrogens with zero attached hydrogens (tertiary/aromatic N) is 1. The van der Waals surface area contributed by atoms with Gasteiger partial charge in [0.25, 0.3) is 0 Å². The van der Waals surface area contributed by atoms with Crippen LogP contribution in [0.15, 0.2) is 18.2 Å². The van der Waals surface area contributed by atoms with Gasteiger partial charge in [0, 0.05) is 13.1 Å². The predicted octanol–water partition coefficient (Wildman–Crippen LogP) is 3.21. The van der Waals surface area contributed by atoms with E-state index in [1.165, 1.54) is 5.56 Å². The fourth-order valence-corrected chi connectivity index (χ4v) is 2.72. The van der Waals surface area contributed by atoms with Crippen molar-refractivity contribution in [2.45, 2.75) is 32.1 Å². The molecule has 2 rings (SSSR count). The fraction of sp³-hybridized carbons (Fsp3) is 0.500. The van der Waals surface area contributed by atoms with Crippen LogP contribution in [0.4, 0.5) is 0 Å². The molecule has 0 spiro atoms. The molecular formula is C14H18ClNO. The molecule has 0 N–H and O–H groups in total. The molecule has 1 aliphatic rings. The van der Waals surface area contributed by atoms with Gasteiger partial charge in [-0.05, 0) is 37.8 Å². The Balaban J connectivity index is 2.18. The van der Waals surface area contributed by atoms with E-state index < -0.39 is 5.38 Å². The summed E-state index contributed by atoms with van der Waals surface area (Å²) in [5.41, 5.74) is 3.23. The molecule has 1 amide bonds. The maximum Gasteiger partial charge on any atom is 0.245 e. The number of amides is 1. The summed E-state index contributed by atoms with van der Waals surface area (Å²) in [4.78, 5) is 14.0. The maximum absolute atomic E-state index is 12.2.